The molecule has 20 heavy (non-hydrogen) atoms. The summed E-state index contributed by atoms with van der Waals surface area (Å²) in [4.78, 5) is 33.3. The van der Waals surface area contributed by atoms with Crippen molar-refractivity contribution in [2.24, 2.45) is 0 Å². The van der Waals surface area contributed by atoms with Gasteiger partial charge in [0.25, 0.3) is 0 Å². The van der Waals surface area contributed by atoms with Gasteiger partial charge in [0, 0.05) is 11.1 Å². The second-order valence-electron chi connectivity index (χ2n) is 4.02. The van der Waals surface area contributed by atoms with Crippen LogP contribution in [-0.4, -0.2) is 44.3 Å². The van der Waals surface area contributed by atoms with Gasteiger partial charge < -0.3 is 20.1 Å². The van der Waals surface area contributed by atoms with E-state index in [0.29, 0.717) is 11.1 Å². The Morgan fingerprint density at radius 2 is 1.20 bits per heavy atom. The molecule has 0 aliphatic heterocycles. The summed E-state index contributed by atoms with van der Waals surface area (Å²) in [7, 11) is 0. The molecule has 0 radical (unpaired) electrons. The van der Waals surface area contributed by atoms with Crippen LogP contribution in [0.15, 0.2) is 24.3 Å². The fraction of sp³-hybridized carbons (Fsp3) is 0.462. The monoisotopic (exact) mass is 284 g/mol. The number of hydrogen-bond donors (Lipinski definition) is 2. The van der Waals surface area contributed by atoms with Crippen LogP contribution in [0.4, 0.5) is 4.79 Å². The molecule has 0 heterocycles. The topological polar surface area (TPSA) is 93.7 Å². The van der Waals surface area contributed by atoms with Crippen LogP contribution in [0.5, 0.6) is 0 Å². The molecule has 0 aliphatic rings. The van der Waals surface area contributed by atoms with Crippen LogP contribution in [0.3, 0.4) is 0 Å². The summed E-state index contributed by atoms with van der Waals surface area (Å²) in [5.74, 6) is -0.603. The molecule has 0 aromatic carbocycles. The summed E-state index contributed by atoms with van der Waals surface area (Å²) in [5.41, 5.74) is 0.752. The molecule has 7 nitrogen and oxygen atoms in total. The Bertz CT molecular complexity index is 368. The van der Waals surface area contributed by atoms with Crippen molar-refractivity contribution in [1.82, 2.24) is 10.6 Å². The molecule has 0 aromatic rings. The number of nitrogens with one attached hydrogen (secondary N) is 2. The SMILES string of the molecule is C=C(C)C(=O)NCCOC(=O)OCCNC(=O)C(=C)C. The predicted octanol–water partition coefficient (Wildman–Crippen LogP) is 0.524. The maximum Gasteiger partial charge on any atom is 0.508 e. The van der Waals surface area contributed by atoms with E-state index in [1.54, 1.807) is 13.8 Å². The second kappa shape index (κ2) is 9.60. The molecule has 0 fully saturated rings. The summed E-state index contributed by atoms with van der Waals surface area (Å²) in [5, 5.41) is 4.99. The van der Waals surface area contributed by atoms with Gasteiger partial charge >= 0.3 is 6.16 Å². The number of rotatable bonds is 8. The van der Waals surface area contributed by atoms with E-state index in [2.05, 4.69) is 23.8 Å². The molecule has 2 N–H and O–H groups in total. The zero-order chi connectivity index (χ0) is 15.5. The fourth-order valence-corrected chi connectivity index (χ4v) is 0.941. The highest BCUT2D eigenvalue weighted by atomic mass is 16.7. The zero-order valence-electron chi connectivity index (χ0n) is 11.8. The van der Waals surface area contributed by atoms with Crippen LogP contribution in [-0.2, 0) is 19.1 Å². The quantitative estimate of drug-likeness (QED) is 0.385. The molecule has 7 heteroatoms. The summed E-state index contributed by atoms with van der Waals surface area (Å²) in [6.07, 6.45) is -0.862. The summed E-state index contributed by atoms with van der Waals surface area (Å²) in [6.45, 7) is 10.4. The standard InChI is InChI=1S/C13H20N2O5/c1-9(2)11(16)14-5-7-19-13(18)20-8-6-15-12(17)10(3)4/h1,3,5-8H2,2,4H3,(H,14,16)(H,15,17). The smallest absolute Gasteiger partial charge is 0.432 e. The first kappa shape index (κ1) is 17.7. The lowest BCUT2D eigenvalue weighted by Gasteiger charge is -2.08. The van der Waals surface area contributed by atoms with Gasteiger partial charge in [0.2, 0.25) is 11.8 Å². The van der Waals surface area contributed by atoms with Crippen molar-refractivity contribution in [3.63, 3.8) is 0 Å². The Labute approximate surface area is 118 Å². The van der Waals surface area contributed by atoms with E-state index in [1.807, 2.05) is 0 Å². The number of amides is 2. The van der Waals surface area contributed by atoms with E-state index in [1.165, 1.54) is 0 Å². The molecule has 0 atom stereocenters. The number of carbonyl (C=O) groups is 3. The van der Waals surface area contributed by atoms with Crippen LogP contribution in [0.1, 0.15) is 13.8 Å². The average molecular weight is 284 g/mol. The molecule has 0 spiro atoms. The van der Waals surface area contributed by atoms with Crippen molar-refractivity contribution < 1.29 is 23.9 Å². The van der Waals surface area contributed by atoms with Crippen molar-refractivity contribution in [2.45, 2.75) is 13.8 Å². The van der Waals surface area contributed by atoms with Gasteiger partial charge in [-0.3, -0.25) is 9.59 Å². The Morgan fingerprint density at radius 1 is 0.850 bits per heavy atom. The van der Waals surface area contributed by atoms with Gasteiger partial charge in [0.05, 0.1) is 13.1 Å². The van der Waals surface area contributed by atoms with Gasteiger partial charge in [-0.1, -0.05) is 13.2 Å². The zero-order valence-corrected chi connectivity index (χ0v) is 11.8. The highest BCUT2D eigenvalue weighted by Crippen LogP contribution is 1.88. The maximum absolute atomic E-state index is 11.1. The van der Waals surface area contributed by atoms with E-state index < -0.39 is 6.16 Å². The largest absolute Gasteiger partial charge is 0.508 e. The highest BCUT2D eigenvalue weighted by Gasteiger charge is 2.06. The van der Waals surface area contributed by atoms with Crippen molar-refractivity contribution in [3.05, 3.63) is 24.3 Å². The fourth-order valence-electron chi connectivity index (χ4n) is 0.941. The molecule has 2 amide bonds. The highest BCUT2D eigenvalue weighted by molar-refractivity contribution is 5.92. The molecular formula is C13H20N2O5. The molecule has 0 saturated heterocycles. The Balaban J connectivity index is 3.55. The van der Waals surface area contributed by atoms with Crippen molar-refractivity contribution >= 4 is 18.0 Å². The minimum atomic E-state index is -0.862. The lowest BCUT2D eigenvalue weighted by atomic mass is 10.3. The third-order valence-electron chi connectivity index (χ3n) is 1.99. The van der Waals surface area contributed by atoms with Crippen LogP contribution in [0.25, 0.3) is 0 Å². The molecule has 0 bridgehead atoms. The molecule has 112 valence electrons. The van der Waals surface area contributed by atoms with Crippen LogP contribution < -0.4 is 10.6 Å². The minimum absolute atomic E-state index is 0.00399. The Morgan fingerprint density at radius 3 is 1.50 bits per heavy atom. The number of carbonyl (C=O) groups excluding carboxylic acids is 3. The lowest BCUT2D eigenvalue weighted by Crippen LogP contribution is -2.30. The summed E-state index contributed by atoms with van der Waals surface area (Å²) < 4.78 is 9.38. The average Bonchev–Trinajstić information content (AvgIpc) is 2.38. The van der Waals surface area contributed by atoms with E-state index >= 15 is 0 Å². The van der Waals surface area contributed by atoms with Gasteiger partial charge in [0.15, 0.2) is 0 Å². The van der Waals surface area contributed by atoms with Crippen LogP contribution in [0, 0.1) is 0 Å². The van der Waals surface area contributed by atoms with Gasteiger partial charge in [0.1, 0.15) is 13.2 Å². The first-order chi connectivity index (χ1) is 9.34. The molecule has 0 aromatic heterocycles. The molecular weight excluding hydrogens is 264 g/mol. The normalized spacial score (nSPS) is 9.30. The van der Waals surface area contributed by atoms with Gasteiger partial charge in [-0.05, 0) is 13.8 Å². The number of hydrogen-bond acceptors (Lipinski definition) is 5. The van der Waals surface area contributed by atoms with Gasteiger partial charge in [-0.25, -0.2) is 4.79 Å². The first-order valence-electron chi connectivity index (χ1n) is 6.01. The maximum atomic E-state index is 11.1. The first-order valence-corrected chi connectivity index (χ1v) is 6.01. The Hall–Kier alpha value is -2.31. The van der Waals surface area contributed by atoms with Crippen LogP contribution >= 0.6 is 0 Å². The molecule has 0 saturated carbocycles. The summed E-state index contributed by atoms with van der Waals surface area (Å²) in [6, 6.07) is 0. The third-order valence-corrected chi connectivity index (χ3v) is 1.99. The van der Waals surface area contributed by atoms with Crippen molar-refractivity contribution in [2.75, 3.05) is 26.3 Å². The molecule has 0 unspecified atom stereocenters. The third kappa shape index (κ3) is 8.73. The minimum Gasteiger partial charge on any atom is -0.432 e. The lowest BCUT2D eigenvalue weighted by molar-refractivity contribution is -0.118. The summed E-state index contributed by atoms with van der Waals surface area (Å²) >= 11 is 0. The molecule has 0 rings (SSSR count). The Kier molecular flexibility index (Phi) is 8.49. The predicted molar refractivity (Wildman–Crippen MR) is 72.9 cm³/mol. The van der Waals surface area contributed by atoms with Crippen molar-refractivity contribution in [1.29, 1.82) is 0 Å². The number of ether oxygens (including phenoxy) is 2. The van der Waals surface area contributed by atoms with Gasteiger partial charge in [-0.15, -0.1) is 0 Å². The molecule has 0 aliphatic carbocycles. The van der Waals surface area contributed by atoms with E-state index in [0.717, 1.165) is 0 Å². The van der Waals surface area contributed by atoms with E-state index in [4.69, 9.17) is 9.47 Å². The van der Waals surface area contributed by atoms with Crippen molar-refractivity contribution in [3.8, 4) is 0 Å². The van der Waals surface area contributed by atoms with Gasteiger partial charge in [-0.2, -0.15) is 0 Å². The van der Waals surface area contributed by atoms with E-state index in [9.17, 15) is 14.4 Å². The van der Waals surface area contributed by atoms with Crippen LogP contribution in [0.2, 0.25) is 0 Å². The second-order valence-corrected chi connectivity index (χ2v) is 4.02. The van der Waals surface area contributed by atoms with E-state index in [-0.39, 0.29) is 38.1 Å².